The van der Waals surface area contributed by atoms with Crippen molar-refractivity contribution in [3.8, 4) is 0 Å². The van der Waals surface area contributed by atoms with Crippen LogP contribution in [0.15, 0.2) is 54.6 Å². The highest BCUT2D eigenvalue weighted by Gasteiger charge is 2.04. The van der Waals surface area contributed by atoms with Gasteiger partial charge in [0.15, 0.2) is 0 Å². The molecule has 0 aliphatic rings. The van der Waals surface area contributed by atoms with Gasteiger partial charge in [0.1, 0.15) is 6.54 Å². The molecule has 2 aromatic rings. The molecule has 0 atom stereocenters. The van der Waals surface area contributed by atoms with Gasteiger partial charge in [-0.05, 0) is 17.7 Å². The molecule has 0 unspecified atom stereocenters. The summed E-state index contributed by atoms with van der Waals surface area (Å²) in [5.74, 6) is 0. The average molecular weight is 257 g/mol. The molecular formula is C15H17N2O2+. The molecule has 19 heavy (non-hydrogen) atoms. The number of nitro groups is 1. The van der Waals surface area contributed by atoms with Gasteiger partial charge in [0.2, 0.25) is 0 Å². The number of hydrogen-bond donors (Lipinski definition) is 1. The van der Waals surface area contributed by atoms with E-state index in [1.807, 2.05) is 30.3 Å². The number of nitro benzene ring substituents is 1. The zero-order valence-corrected chi connectivity index (χ0v) is 10.7. The van der Waals surface area contributed by atoms with E-state index in [-0.39, 0.29) is 10.6 Å². The Morgan fingerprint density at radius 3 is 2.26 bits per heavy atom. The molecule has 0 heterocycles. The molecular weight excluding hydrogens is 240 g/mol. The SMILES string of the molecule is O=[N+]([O-])c1ccc(C[NH2+]CCc2ccccc2)cc1. The van der Waals surface area contributed by atoms with Gasteiger partial charge in [-0.1, -0.05) is 30.3 Å². The zero-order valence-electron chi connectivity index (χ0n) is 10.7. The van der Waals surface area contributed by atoms with Crippen LogP contribution in [0.5, 0.6) is 0 Å². The van der Waals surface area contributed by atoms with Crippen molar-refractivity contribution >= 4 is 5.69 Å². The molecule has 0 aliphatic carbocycles. The fraction of sp³-hybridized carbons (Fsp3) is 0.200. The lowest BCUT2D eigenvalue weighted by molar-refractivity contribution is -0.670. The molecule has 2 aromatic carbocycles. The Labute approximate surface area is 112 Å². The quantitative estimate of drug-likeness (QED) is 0.488. The second kappa shape index (κ2) is 6.66. The first-order chi connectivity index (χ1) is 9.25. The van der Waals surface area contributed by atoms with Gasteiger partial charge in [-0.3, -0.25) is 10.1 Å². The minimum atomic E-state index is -0.372. The number of benzene rings is 2. The maximum atomic E-state index is 10.5. The minimum absolute atomic E-state index is 0.146. The normalized spacial score (nSPS) is 10.3. The molecule has 0 fully saturated rings. The summed E-state index contributed by atoms with van der Waals surface area (Å²) in [7, 11) is 0. The first kappa shape index (κ1) is 13.2. The standard InChI is InChI=1S/C15H16N2O2/c18-17(19)15-8-6-14(7-9-15)12-16-11-10-13-4-2-1-3-5-13/h1-9,16H,10-12H2/p+1. The van der Waals surface area contributed by atoms with Gasteiger partial charge in [-0.15, -0.1) is 0 Å². The highest BCUT2D eigenvalue weighted by molar-refractivity contribution is 5.32. The lowest BCUT2D eigenvalue weighted by Crippen LogP contribution is -2.83. The Kier molecular flexibility index (Phi) is 4.64. The Hall–Kier alpha value is -2.20. The fourth-order valence-corrected chi connectivity index (χ4v) is 1.94. The van der Waals surface area contributed by atoms with Crippen molar-refractivity contribution < 1.29 is 10.2 Å². The van der Waals surface area contributed by atoms with E-state index in [9.17, 15) is 10.1 Å². The molecule has 2 rings (SSSR count). The van der Waals surface area contributed by atoms with Crippen LogP contribution >= 0.6 is 0 Å². The van der Waals surface area contributed by atoms with E-state index >= 15 is 0 Å². The summed E-state index contributed by atoms with van der Waals surface area (Å²) in [4.78, 5) is 10.2. The molecule has 98 valence electrons. The summed E-state index contributed by atoms with van der Waals surface area (Å²) in [6.45, 7) is 1.87. The van der Waals surface area contributed by atoms with Crippen LogP contribution in [0.1, 0.15) is 11.1 Å². The summed E-state index contributed by atoms with van der Waals surface area (Å²) in [5, 5.41) is 12.7. The number of hydrogen-bond acceptors (Lipinski definition) is 2. The van der Waals surface area contributed by atoms with Gasteiger partial charge in [0.25, 0.3) is 5.69 Å². The number of quaternary nitrogens is 1. The predicted molar refractivity (Wildman–Crippen MR) is 73.7 cm³/mol. The number of rotatable bonds is 6. The lowest BCUT2D eigenvalue weighted by atomic mass is 10.1. The highest BCUT2D eigenvalue weighted by Crippen LogP contribution is 2.10. The van der Waals surface area contributed by atoms with Gasteiger partial charge >= 0.3 is 0 Å². The lowest BCUT2D eigenvalue weighted by Gasteiger charge is -2.02. The van der Waals surface area contributed by atoms with Gasteiger partial charge in [-0.25, -0.2) is 0 Å². The molecule has 4 nitrogen and oxygen atoms in total. The Balaban J connectivity index is 1.75. The largest absolute Gasteiger partial charge is 0.342 e. The Morgan fingerprint density at radius 1 is 0.947 bits per heavy atom. The van der Waals surface area contributed by atoms with Crippen molar-refractivity contribution in [1.29, 1.82) is 0 Å². The van der Waals surface area contributed by atoms with Crippen LogP contribution in [0.3, 0.4) is 0 Å². The zero-order chi connectivity index (χ0) is 13.5. The topological polar surface area (TPSA) is 59.8 Å². The minimum Gasteiger partial charge on any atom is -0.342 e. The molecule has 0 radical (unpaired) electrons. The third-order valence-corrected chi connectivity index (χ3v) is 3.01. The van der Waals surface area contributed by atoms with Crippen LogP contribution in [-0.4, -0.2) is 11.5 Å². The Morgan fingerprint density at radius 2 is 1.63 bits per heavy atom. The van der Waals surface area contributed by atoms with E-state index in [4.69, 9.17) is 0 Å². The van der Waals surface area contributed by atoms with Crippen LogP contribution in [-0.2, 0) is 13.0 Å². The number of nitrogens with zero attached hydrogens (tertiary/aromatic N) is 1. The first-order valence-corrected chi connectivity index (χ1v) is 6.34. The van der Waals surface area contributed by atoms with Gasteiger partial charge in [-0.2, -0.15) is 0 Å². The van der Waals surface area contributed by atoms with E-state index < -0.39 is 0 Å². The summed E-state index contributed by atoms with van der Waals surface area (Å²) in [6.07, 6.45) is 1.04. The second-order valence-corrected chi connectivity index (χ2v) is 4.44. The monoisotopic (exact) mass is 257 g/mol. The molecule has 0 aliphatic heterocycles. The van der Waals surface area contributed by atoms with E-state index in [0.29, 0.717) is 0 Å². The van der Waals surface area contributed by atoms with E-state index in [2.05, 4.69) is 17.4 Å². The van der Waals surface area contributed by atoms with Crippen molar-refractivity contribution in [3.63, 3.8) is 0 Å². The molecule has 0 saturated carbocycles. The molecule has 2 N–H and O–H groups in total. The fourth-order valence-electron chi connectivity index (χ4n) is 1.94. The Bertz CT molecular complexity index is 524. The molecule has 0 bridgehead atoms. The summed E-state index contributed by atoms with van der Waals surface area (Å²) >= 11 is 0. The second-order valence-electron chi connectivity index (χ2n) is 4.44. The van der Waals surface area contributed by atoms with Crippen molar-refractivity contribution in [1.82, 2.24) is 0 Å². The molecule has 0 saturated heterocycles. The average Bonchev–Trinajstić information content (AvgIpc) is 2.45. The molecule has 0 aromatic heterocycles. The van der Waals surface area contributed by atoms with Crippen LogP contribution in [0.2, 0.25) is 0 Å². The smallest absolute Gasteiger partial charge is 0.269 e. The molecule has 0 spiro atoms. The van der Waals surface area contributed by atoms with Crippen LogP contribution < -0.4 is 5.32 Å². The van der Waals surface area contributed by atoms with Gasteiger partial charge < -0.3 is 5.32 Å². The summed E-state index contributed by atoms with van der Waals surface area (Å²) in [6, 6.07) is 17.1. The molecule has 0 amide bonds. The summed E-state index contributed by atoms with van der Waals surface area (Å²) < 4.78 is 0. The first-order valence-electron chi connectivity index (χ1n) is 6.34. The predicted octanol–water partition coefficient (Wildman–Crippen LogP) is 1.90. The van der Waals surface area contributed by atoms with Crippen LogP contribution in [0, 0.1) is 10.1 Å². The van der Waals surface area contributed by atoms with Crippen LogP contribution in [0.25, 0.3) is 0 Å². The van der Waals surface area contributed by atoms with E-state index in [0.717, 1.165) is 25.1 Å². The van der Waals surface area contributed by atoms with Gasteiger partial charge in [0, 0.05) is 24.1 Å². The van der Waals surface area contributed by atoms with Crippen molar-refractivity contribution in [2.45, 2.75) is 13.0 Å². The van der Waals surface area contributed by atoms with Crippen LogP contribution in [0.4, 0.5) is 5.69 Å². The van der Waals surface area contributed by atoms with Crippen molar-refractivity contribution in [2.75, 3.05) is 6.54 Å². The number of non-ortho nitro benzene ring substituents is 1. The third-order valence-electron chi connectivity index (χ3n) is 3.01. The number of nitrogens with two attached hydrogens (primary N) is 1. The van der Waals surface area contributed by atoms with Crippen molar-refractivity contribution in [3.05, 3.63) is 75.8 Å². The maximum Gasteiger partial charge on any atom is 0.269 e. The third kappa shape index (κ3) is 4.19. The van der Waals surface area contributed by atoms with E-state index in [1.165, 1.54) is 5.56 Å². The van der Waals surface area contributed by atoms with Crippen molar-refractivity contribution in [2.24, 2.45) is 0 Å². The highest BCUT2D eigenvalue weighted by atomic mass is 16.6. The van der Waals surface area contributed by atoms with E-state index in [1.54, 1.807) is 12.1 Å². The summed E-state index contributed by atoms with van der Waals surface area (Å²) in [5.41, 5.74) is 2.59. The van der Waals surface area contributed by atoms with Gasteiger partial charge in [0.05, 0.1) is 11.5 Å². The molecule has 4 heteroatoms. The maximum absolute atomic E-state index is 10.5.